The molecule has 2 aromatic carbocycles. The lowest BCUT2D eigenvalue weighted by Gasteiger charge is -2.08. The Hall–Kier alpha value is -2.88. The first-order valence-electron chi connectivity index (χ1n) is 8.46. The van der Waals surface area contributed by atoms with E-state index in [1.807, 2.05) is 48.9 Å². The molecule has 3 atom stereocenters. The van der Waals surface area contributed by atoms with Crippen LogP contribution in [0.15, 0.2) is 73.2 Å². The number of hydrogen-bond acceptors (Lipinski definition) is 3. The second kappa shape index (κ2) is 6.55. The van der Waals surface area contributed by atoms with Gasteiger partial charge in [0.15, 0.2) is 0 Å². The number of aromatic nitrogens is 2. The fraction of sp³-hybridized carbons (Fsp3) is 0.238. The van der Waals surface area contributed by atoms with Gasteiger partial charge in [-0.15, -0.1) is 0 Å². The largest absolute Gasteiger partial charge is 0.469 e. The average Bonchev–Trinajstić information content (AvgIpc) is 3.25. The molecule has 4 rings (SSSR count). The molecule has 3 aromatic rings. The first kappa shape index (κ1) is 15.6. The van der Waals surface area contributed by atoms with Crippen molar-refractivity contribution in [3.8, 4) is 0 Å². The quantitative estimate of drug-likeness (QED) is 0.671. The predicted octanol–water partition coefficient (Wildman–Crippen LogP) is 3.60. The molecular formula is C21H20N2O2. The van der Waals surface area contributed by atoms with Crippen LogP contribution in [0.25, 0.3) is 0 Å². The monoisotopic (exact) mass is 332 g/mol. The van der Waals surface area contributed by atoms with Crippen LogP contribution in [0.2, 0.25) is 0 Å². The molecule has 1 saturated carbocycles. The molecule has 126 valence electrons. The predicted molar refractivity (Wildman–Crippen MR) is 95.2 cm³/mol. The summed E-state index contributed by atoms with van der Waals surface area (Å²) >= 11 is 0. The molecule has 0 saturated heterocycles. The first-order chi connectivity index (χ1) is 12.3. The highest BCUT2D eigenvalue weighted by atomic mass is 16.5. The van der Waals surface area contributed by atoms with E-state index in [0.717, 1.165) is 12.2 Å². The Kier molecular flexibility index (Phi) is 4.10. The second-order valence-corrected chi connectivity index (χ2v) is 6.44. The highest BCUT2D eigenvalue weighted by molar-refractivity contribution is 5.80. The number of carbonyl (C=O) groups is 1. The van der Waals surface area contributed by atoms with Crippen LogP contribution in [-0.4, -0.2) is 22.6 Å². The summed E-state index contributed by atoms with van der Waals surface area (Å²) in [5.74, 6) is -0.0223. The molecule has 0 unspecified atom stereocenters. The molecule has 1 heterocycles. The van der Waals surface area contributed by atoms with Gasteiger partial charge in [0, 0.05) is 30.3 Å². The van der Waals surface area contributed by atoms with Crippen LogP contribution in [0.1, 0.15) is 28.7 Å². The molecule has 0 bridgehead atoms. The third-order valence-electron chi connectivity index (χ3n) is 4.96. The third kappa shape index (κ3) is 2.95. The summed E-state index contributed by atoms with van der Waals surface area (Å²) in [6, 6.07) is 20.5. The van der Waals surface area contributed by atoms with Crippen LogP contribution in [0.3, 0.4) is 0 Å². The van der Waals surface area contributed by atoms with Crippen LogP contribution in [0.5, 0.6) is 0 Å². The molecule has 1 aromatic heterocycles. The van der Waals surface area contributed by atoms with Crippen molar-refractivity contribution in [2.24, 2.45) is 5.92 Å². The highest BCUT2D eigenvalue weighted by Gasteiger charge is 2.58. The molecule has 4 heteroatoms. The van der Waals surface area contributed by atoms with Gasteiger partial charge in [-0.05, 0) is 11.1 Å². The maximum absolute atomic E-state index is 12.3. The van der Waals surface area contributed by atoms with E-state index >= 15 is 0 Å². The number of benzene rings is 2. The first-order valence-corrected chi connectivity index (χ1v) is 8.46. The molecule has 4 nitrogen and oxygen atoms in total. The Morgan fingerprint density at radius 2 is 1.72 bits per heavy atom. The number of esters is 1. The van der Waals surface area contributed by atoms with Crippen molar-refractivity contribution in [2.75, 3.05) is 7.11 Å². The van der Waals surface area contributed by atoms with E-state index < -0.39 is 0 Å². The number of nitrogens with zero attached hydrogens (tertiary/aromatic N) is 2. The van der Waals surface area contributed by atoms with Gasteiger partial charge in [0.2, 0.25) is 0 Å². The van der Waals surface area contributed by atoms with Crippen LogP contribution in [-0.2, 0) is 16.1 Å². The van der Waals surface area contributed by atoms with Gasteiger partial charge in [0.05, 0.1) is 19.4 Å². The molecule has 0 N–H and O–H groups in total. The maximum Gasteiger partial charge on any atom is 0.310 e. The SMILES string of the molecule is COC(=O)[C@H]1[C@@H](c2ccccc2)[C@H]1c1cncn1Cc1ccccc1. The standard InChI is InChI=1S/C21H20N2O2/c1-25-21(24)20-18(16-10-6-3-7-11-16)19(20)17-12-22-14-23(17)13-15-8-4-2-5-9-15/h2-12,14,18-20H,13H2,1H3/t18-,19+,20-/m0/s1. The van der Waals surface area contributed by atoms with Crippen LogP contribution >= 0.6 is 0 Å². The minimum Gasteiger partial charge on any atom is -0.469 e. The van der Waals surface area contributed by atoms with Crippen molar-refractivity contribution in [3.63, 3.8) is 0 Å². The Bertz CT molecular complexity index is 858. The van der Waals surface area contributed by atoms with Gasteiger partial charge in [0.1, 0.15) is 0 Å². The molecule has 25 heavy (non-hydrogen) atoms. The van der Waals surface area contributed by atoms with E-state index in [4.69, 9.17) is 4.74 Å². The third-order valence-corrected chi connectivity index (χ3v) is 4.96. The fourth-order valence-corrected chi connectivity index (χ4v) is 3.72. The highest BCUT2D eigenvalue weighted by Crippen LogP contribution is 2.60. The van der Waals surface area contributed by atoms with E-state index in [-0.39, 0.29) is 23.7 Å². The molecule has 0 spiro atoms. The Labute approximate surface area is 147 Å². The molecule has 1 aliphatic rings. The number of imidazole rings is 1. The van der Waals surface area contributed by atoms with Gasteiger partial charge in [-0.1, -0.05) is 60.7 Å². The van der Waals surface area contributed by atoms with Crippen molar-refractivity contribution in [1.29, 1.82) is 0 Å². The summed E-state index contributed by atoms with van der Waals surface area (Å²) in [5.41, 5.74) is 3.48. The molecule has 1 aliphatic carbocycles. The Morgan fingerprint density at radius 1 is 1.04 bits per heavy atom. The number of methoxy groups -OCH3 is 1. The van der Waals surface area contributed by atoms with Gasteiger partial charge in [-0.25, -0.2) is 4.98 Å². The minimum atomic E-state index is -0.147. The summed E-state index contributed by atoms with van der Waals surface area (Å²) in [4.78, 5) is 16.6. The second-order valence-electron chi connectivity index (χ2n) is 6.44. The lowest BCUT2D eigenvalue weighted by Crippen LogP contribution is -2.07. The van der Waals surface area contributed by atoms with E-state index in [2.05, 4.69) is 33.8 Å². The van der Waals surface area contributed by atoms with Crippen molar-refractivity contribution in [2.45, 2.75) is 18.4 Å². The summed E-state index contributed by atoms with van der Waals surface area (Å²) in [7, 11) is 1.46. The fourth-order valence-electron chi connectivity index (χ4n) is 3.72. The smallest absolute Gasteiger partial charge is 0.310 e. The maximum atomic E-state index is 12.3. The zero-order chi connectivity index (χ0) is 17.2. The van der Waals surface area contributed by atoms with Gasteiger partial charge in [-0.2, -0.15) is 0 Å². The number of rotatable bonds is 5. The Balaban J connectivity index is 1.65. The molecule has 0 radical (unpaired) electrons. The normalized spacial score (nSPS) is 21.7. The van der Waals surface area contributed by atoms with Crippen molar-refractivity contribution in [3.05, 3.63) is 90.0 Å². The molecule has 0 aliphatic heterocycles. The zero-order valence-corrected chi connectivity index (χ0v) is 14.1. The van der Waals surface area contributed by atoms with Gasteiger partial charge in [0.25, 0.3) is 0 Å². The lowest BCUT2D eigenvalue weighted by molar-refractivity contribution is -0.142. The van der Waals surface area contributed by atoms with E-state index in [9.17, 15) is 4.79 Å². The van der Waals surface area contributed by atoms with Crippen LogP contribution < -0.4 is 0 Å². The Morgan fingerprint density at radius 3 is 2.40 bits per heavy atom. The van der Waals surface area contributed by atoms with Gasteiger partial charge >= 0.3 is 5.97 Å². The van der Waals surface area contributed by atoms with Crippen LogP contribution in [0.4, 0.5) is 0 Å². The molecule has 1 fully saturated rings. The van der Waals surface area contributed by atoms with Crippen molar-refractivity contribution >= 4 is 5.97 Å². The lowest BCUT2D eigenvalue weighted by atomic mass is 10.1. The summed E-state index contributed by atoms with van der Waals surface area (Å²) < 4.78 is 7.18. The van der Waals surface area contributed by atoms with Crippen LogP contribution in [0, 0.1) is 5.92 Å². The number of hydrogen-bond donors (Lipinski definition) is 0. The van der Waals surface area contributed by atoms with Crippen molar-refractivity contribution < 1.29 is 9.53 Å². The summed E-state index contributed by atoms with van der Waals surface area (Å²) in [5, 5.41) is 0. The minimum absolute atomic E-state index is 0.112. The average molecular weight is 332 g/mol. The molecular weight excluding hydrogens is 312 g/mol. The van der Waals surface area contributed by atoms with Gasteiger partial charge < -0.3 is 9.30 Å². The topological polar surface area (TPSA) is 44.1 Å². The number of ether oxygens (including phenoxy) is 1. The van der Waals surface area contributed by atoms with E-state index in [0.29, 0.717) is 0 Å². The van der Waals surface area contributed by atoms with E-state index in [1.165, 1.54) is 18.2 Å². The van der Waals surface area contributed by atoms with Crippen molar-refractivity contribution in [1.82, 2.24) is 9.55 Å². The molecule has 0 amide bonds. The van der Waals surface area contributed by atoms with E-state index in [1.54, 1.807) is 0 Å². The summed E-state index contributed by atoms with van der Waals surface area (Å²) in [6.45, 7) is 0.752. The zero-order valence-electron chi connectivity index (χ0n) is 14.1. The van der Waals surface area contributed by atoms with Gasteiger partial charge in [-0.3, -0.25) is 4.79 Å². The summed E-state index contributed by atoms with van der Waals surface area (Å²) in [6.07, 6.45) is 3.73. The number of carbonyl (C=O) groups excluding carboxylic acids is 1.